The van der Waals surface area contributed by atoms with Crippen LogP contribution >= 0.6 is 15.9 Å². The fourth-order valence-corrected chi connectivity index (χ4v) is 4.11. The number of benzene rings is 4. The van der Waals surface area contributed by atoms with Crippen molar-refractivity contribution in [3.63, 3.8) is 0 Å². The largest absolute Gasteiger partial charge is 0.0616 e. The second-order valence-corrected chi connectivity index (χ2v) is 7.35. The van der Waals surface area contributed by atoms with Crippen molar-refractivity contribution in [2.45, 2.75) is 19.8 Å². The molecule has 0 N–H and O–H groups in total. The minimum absolute atomic E-state index is 0.553. The molecule has 4 aromatic carbocycles. The minimum atomic E-state index is 0.553. The second-order valence-electron chi connectivity index (χ2n) is 6.56. The molecule has 0 unspecified atom stereocenters. The molecule has 0 aliphatic carbocycles. The van der Waals surface area contributed by atoms with Gasteiger partial charge in [-0.05, 0) is 60.1 Å². The Morgan fingerprint density at radius 1 is 0.625 bits per heavy atom. The number of rotatable bonds is 2. The topological polar surface area (TPSA) is 0 Å². The van der Waals surface area contributed by atoms with E-state index in [1.165, 1.54) is 42.7 Å². The van der Waals surface area contributed by atoms with Gasteiger partial charge in [0.1, 0.15) is 0 Å². The lowest BCUT2D eigenvalue weighted by atomic mass is 9.91. The molecule has 0 atom stereocenters. The summed E-state index contributed by atoms with van der Waals surface area (Å²) in [5.74, 6) is 0.553. The highest BCUT2D eigenvalue weighted by Crippen LogP contribution is 2.41. The summed E-state index contributed by atoms with van der Waals surface area (Å²) in [7, 11) is 0. The molecule has 0 spiro atoms. The molecule has 0 bridgehead atoms. The van der Waals surface area contributed by atoms with Gasteiger partial charge < -0.3 is 0 Å². The third-order valence-corrected chi connectivity index (χ3v) is 5.59. The lowest BCUT2D eigenvalue weighted by molar-refractivity contribution is 0.867. The summed E-state index contributed by atoms with van der Waals surface area (Å²) < 4.78 is 1.18. The van der Waals surface area contributed by atoms with Gasteiger partial charge >= 0.3 is 0 Å². The number of halogens is 1. The van der Waals surface area contributed by atoms with E-state index in [0.29, 0.717) is 5.92 Å². The molecule has 4 rings (SSSR count). The highest BCUT2D eigenvalue weighted by atomic mass is 79.9. The third-order valence-electron chi connectivity index (χ3n) is 4.73. The number of hydrogen-bond acceptors (Lipinski definition) is 0. The van der Waals surface area contributed by atoms with Gasteiger partial charge in [-0.15, -0.1) is 0 Å². The highest BCUT2D eigenvalue weighted by Gasteiger charge is 2.13. The van der Waals surface area contributed by atoms with E-state index in [-0.39, 0.29) is 0 Å². The first-order valence-electron chi connectivity index (χ1n) is 8.36. The van der Waals surface area contributed by atoms with Gasteiger partial charge in [0.25, 0.3) is 0 Å². The summed E-state index contributed by atoms with van der Waals surface area (Å²) >= 11 is 3.82. The molecule has 0 saturated heterocycles. The first kappa shape index (κ1) is 15.4. The molecule has 0 nitrogen and oxygen atoms in total. The number of hydrogen-bond donors (Lipinski definition) is 0. The van der Waals surface area contributed by atoms with E-state index in [2.05, 4.69) is 103 Å². The lowest BCUT2D eigenvalue weighted by Gasteiger charge is -2.15. The Morgan fingerprint density at radius 2 is 1.08 bits per heavy atom. The average molecular weight is 375 g/mol. The van der Waals surface area contributed by atoms with Crippen molar-refractivity contribution in [3.05, 3.63) is 82.8 Å². The zero-order valence-electron chi connectivity index (χ0n) is 13.9. The predicted molar refractivity (Wildman–Crippen MR) is 109 cm³/mol. The van der Waals surface area contributed by atoms with Crippen LogP contribution in [0.25, 0.3) is 32.7 Å². The maximum Gasteiger partial charge on any atom is 0.0332 e. The molecule has 118 valence electrons. The Balaban J connectivity index is 2.10. The Hall–Kier alpha value is -2.12. The van der Waals surface area contributed by atoms with Crippen LogP contribution in [0.3, 0.4) is 0 Å². The van der Waals surface area contributed by atoms with Gasteiger partial charge in [-0.3, -0.25) is 0 Å². The smallest absolute Gasteiger partial charge is 0.0332 e. The van der Waals surface area contributed by atoms with Crippen LogP contribution in [0.4, 0.5) is 0 Å². The average Bonchev–Trinajstić information content (AvgIpc) is 2.62. The van der Waals surface area contributed by atoms with E-state index < -0.39 is 0 Å². The standard InChI is InChI=1S/C23H19Br/c1-15(2)16-11-13-17(14-12-16)22-18-7-3-5-9-20(18)23(24)21-10-6-4-8-19(21)22/h3-15H,1-2H3. The third kappa shape index (κ3) is 2.44. The van der Waals surface area contributed by atoms with E-state index in [1.54, 1.807) is 0 Å². The van der Waals surface area contributed by atoms with Crippen molar-refractivity contribution in [1.29, 1.82) is 0 Å². The van der Waals surface area contributed by atoms with Crippen LogP contribution in [0, 0.1) is 0 Å². The Kier molecular flexibility index (Phi) is 3.90. The van der Waals surface area contributed by atoms with Crippen molar-refractivity contribution in [2.75, 3.05) is 0 Å². The Bertz CT molecular complexity index is 970. The summed E-state index contributed by atoms with van der Waals surface area (Å²) in [5.41, 5.74) is 3.98. The Morgan fingerprint density at radius 3 is 1.54 bits per heavy atom. The normalized spacial score (nSPS) is 11.5. The van der Waals surface area contributed by atoms with Crippen LogP contribution in [-0.4, -0.2) is 0 Å². The summed E-state index contributed by atoms with van der Waals surface area (Å²) in [6.07, 6.45) is 0. The van der Waals surface area contributed by atoms with Crippen LogP contribution in [0.1, 0.15) is 25.3 Å². The first-order chi connectivity index (χ1) is 11.7. The molecular weight excluding hydrogens is 356 g/mol. The van der Waals surface area contributed by atoms with Crippen LogP contribution in [0.2, 0.25) is 0 Å². The van der Waals surface area contributed by atoms with E-state index in [4.69, 9.17) is 0 Å². The lowest BCUT2D eigenvalue weighted by Crippen LogP contribution is -1.89. The molecule has 0 amide bonds. The van der Waals surface area contributed by atoms with Crippen LogP contribution in [0.5, 0.6) is 0 Å². The quantitative estimate of drug-likeness (QED) is 0.317. The summed E-state index contributed by atoms with van der Waals surface area (Å²) in [6, 6.07) is 26.3. The molecule has 0 fully saturated rings. The van der Waals surface area contributed by atoms with Crippen molar-refractivity contribution >= 4 is 37.5 Å². The van der Waals surface area contributed by atoms with Gasteiger partial charge in [-0.25, -0.2) is 0 Å². The van der Waals surface area contributed by atoms with Gasteiger partial charge in [-0.2, -0.15) is 0 Å². The minimum Gasteiger partial charge on any atom is -0.0616 e. The van der Waals surface area contributed by atoms with E-state index in [1.807, 2.05) is 0 Å². The second kappa shape index (κ2) is 6.07. The van der Waals surface area contributed by atoms with E-state index >= 15 is 0 Å². The zero-order chi connectivity index (χ0) is 16.7. The zero-order valence-corrected chi connectivity index (χ0v) is 15.5. The predicted octanol–water partition coefficient (Wildman–Crippen LogP) is 7.55. The van der Waals surface area contributed by atoms with Gasteiger partial charge in [0, 0.05) is 4.47 Å². The van der Waals surface area contributed by atoms with Crippen LogP contribution in [0.15, 0.2) is 77.3 Å². The van der Waals surface area contributed by atoms with Crippen molar-refractivity contribution in [1.82, 2.24) is 0 Å². The molecule has 0 radical (unpaired) electrons. The fraction of sp³-hybridized carbons (Fsp3) is 0.130. The molecular formula is C23H19Br. The molecule has 0 aliphatic heterocycles. The van der Waals surface area contributed by atoms with Gasteiger partial charge in [-0.1, -0.05) is 86.6 Å². The SMILES string of the molecule is CC(C)c1ccc(-c2c3ccccc3c(Br)c3ccccc23)cc1. The molecule has 0 heterocycles. The Labute approximate surface area is 151 Å². The summed E-state index contributed by atoms with van der Waals surface area (Å²) in [4.78, 5) is 0. The first-order valence-corrected chi connectivity index (χ1v) is 9.15. The summed E-state index contributed by atoms with van der Waals surface area (Å²) in [6.45, 7) is 4.47. The highest BCUT2D eigenvalue weighted by molar-refractivity contribution is 9.10. The van der Waals surface area contributed by atoms with E-state index in [9.17, 15) is 0 Å². The molecule has 1 heteroatoms. The molecule has 0 aromatic heterocycles. The molecule has 0 aliphatic rings. The van der Waals surface area contributed by atoms with Crippen molar-refractivity contribution < 1.29 is 0 Å². The fourth-order valence-electron chi connectivity index (χ4n) is 3.42. The molecule has 4 aromatic rings. The summed E-state index contributed by atoms with van der Waals surface area (Å²) in [5, 5.41) is 5.11. The molecule has 24 heavy (non-hydrogen) atoms. The molecule has 0 saturated carbocycles. The van der Waals surface area contributed by atoms with Crippen molar-refractivity contribution in [3.8, 4) is 11.1 Å². The van der Waals surface area contributed by atoms with E-state index in [0.717, 1.165) is 0 Å². The van der Waals surface area contributed by atoms with Gasteiger partial charge in [0.2, 0.25) is 0 Å². The number of fused-ring (bicyclic) bond motifs is 2. The maximum atomic E-state index is 3.82. The van der Waals surface area contributed by atoms with Crippen molar-refractivity contribution in [2.24, 2.45) is 0 Å². The van der Waals surface area contributed by atoms with Crippen LogP contribution in [-0.2, 0) is 0 Å². The van der Waals surface area contributed by atoms with Gasteiger partial charge in [0.15, 0.2) is 0 Å². The maximum absolute atomic E-state index is 3.82. The van der Waals surface area contributed by atoms with Gasteiger partial charge in [0.05, 0.1) is 0 Å². The monoisotopic (exact) mass is 374 g/mol. The van der Waals surface area contributed by atoms with Crippen LogP contribution < -0.4 is 0 Å².